The Kier molecular flexibility index (Phi) is 6.16. The molecule has 2 heterocycles. The van der Waals surface area contributed by atoms with Crippen LogP contribution >= 0.6 is 0 Å². The molecule has 154 valence electrons. The second-order valence-electron chi connectivity index (χ2n) is 8.60. The Morgan fingerprint density at radius 3 is 2.14 bits per heavy atom. The van der Waals surface area contributed by atoms with Crippen LogP contribution in [-0.4, -0.2) is 68.0 Å². The summed E-state index contributed by atoms with van der Waals surface area (Å²) in [4.78, 5) is 32.2. The first-order valence-corrected chi connectivity index (χ1v) is 10.3. The number of nitrogens with zero attached hydrogens (tertiary/aromatic N) is 3. The molecule has 0 bridgehead atoms. The molecule has 2 saturated heterocycles. The first-order chi connectivity index (χ1) is 13.3. The molecular weight excluding hydrogens is 354 g/mol. The summed E-state index contributed by atoms with van der Waals surface area (Å²) in [5.74, 6) is 1.27. The Labute approximate surface area is 168 Å². The number of benzene rings is 1. The standard InChI is InChI=1S/C22H33N3O3/c1-17-6-5-11-25(16-17)21(27)22(2,3)20(26)24-14-12-23(13-15-24)18-7-9-19(28-4)10-8-18/h7-10,17H,5-6,11-16H2,1-4H3. The molecule has 1 aromatic rings. The number of ether oxygens (including phenoxy) is 1. The molecule has 1 unspecified atom stereocenters. The highest BCUT2D eigenvalue weighted by Gasteiger charge is 2.43. The molecule has 0 spiro atoms. The number of methoxy groups -OCH3 is 1. The molecule has 2 aliphatic rings. The van der Waals surface area contributed by atoms with Gasteiger partial charge in [0.15, 0.2) is 0 Å². The van der Waals surface area contributed by atoms with E-state index >= 15 is 0 Å². The van der Waals surface area contributed by atoms with Crippen LogP contribution in [0.4, 0.5) is 5.69 Å². The van der Waals surface area contributed by atoms with Crippen LogP contribution in [0.2, 0.25) is 0 Å². The zero-order valence-electron chi connectivity index (χ0n) is 17.6. The maximum Gasteiger partial charge on any atom is 0.237 e. The van der Waals surface area contributed by atoms with E-state index < -0.39 is 5.41 Å². The summed E-state index contributed by atoms with van der Waals surface area (Å²) < 4.78 is 5.21. The molecule has 2 fully saturated rings. The molecule has 2 aliphatic heterocycles. The van der Waals surface area contributed by atoms with E-state index in [0.717, 1.165) is 50.5 Å². The lowest BCUT2D eigenvalue weighted by Gasteiger charge is -2.41. The van der Waals surface area contributed by atoms with E-state index in [1.54, 1.807) is 21.0 Å². The van der Waals surface area contributed by atoms with Crippen molar-refractivity contribution >= 4 is 17.5 Å². The van der Waals surface area contributed by atoms with Crippen molar-refractivity contribution in [1.82, 2.24) is 9.80 Å². The van der Waals surface area contributed by atoms with Gasteiger partial charge in [-0.3, -0.25) is 9.59 Å². The van der Waals surface area contributed by atoms with Gasteiger partial charge >= 0.3 is 0 Å². The lowest BCUT2D eigenvalue weighted by atomic mass is 9.87. The molecule has 6 nitrogen and oxygen atoms in total. The highest BCUT2D eigenvalue weighted by molar-refractivity contribution is 6.04. The van der Waals surface area contributed by atoms with Crippen LogP contribution in [0.15, 0.2) is 24.3 Å². The van der Waals surface area contributed by atoms with Crippen LogP contribution < -0.4 is 9.64 Å². The molecule has 0 radical (unpaired) electrons. The predicted octanol–water partition coefficient (Wildman–Crippen LogP) is 2.63. The van der Waals surface area contributed by atoms with E-state index in [-0.39, 0.29) is 11.8 Å². The third-order valence-electron chi connectivity index (χ3n) is 6.02. The van der Waals surface area contributed by atoms with Gasteiger partial charge in [0.1, 0.15) is 11.2 Å². The number of hydrogen-bond acceptors (Lipinski definition) is 4. The van der Waals surface area contributed by atoms with Crippen LogP contribution in [0.25, 0.3) is 0 Å². The van der Waals surface area contributed by atoms with Gasteiger partial charge in [-0.2, -0.15) is 0 Å². The minimum atomic E-state index is -1.00. The van der Waals surface area contributed by atoms with Crippen molar-refractivity contribution in [3.63, 3.8) is 0 Å². The van der Waals surface area contributed by atoms with Crippen molar-refractivity contribution < 1.29 is 14.3 Å². The average molecular weight is 388 g/mol. The zero-order chi connectivity index (χ0) is 20.3. The van der Waals surface area contributed by atoms with E-state index in [9.17, 15) is 9.59 Å². The lowest BCUT2D eigenvalue weighted by molar-refractivity contribution is -0.155. The molecule has 0 N–H and O–H groups in total. The molecule has 3 rings (SSSR count). The lowest BCUT2D eigenvalue weighted by Crippen LogP contribution is -2.56. The molecule has 0 aliphatic carbocycles. The number of likely N-dealkylation sites (tertiary alicyclic amines) is 1. The summed E-state index contributed by atoms with van der Waals surface area (Å²) in [6.45, 7) is 10.1. The van der Waals surface area contributed by atoms with Crippen LogP contribution in [-0.2, 0) is 9.59 Å². The molecular formula is C22H33N3O3. The Balaban J connectivity index is 1.59. The van der Waals surface area contributed by atoms with E-state index in [1.165, 1.54) is 0 Å². The summed E-state index contributed by atoms with van der Waals surface area (Å²) in [5.41, 5.74) is 0.129. The van der Waals surface area contributed by atoms with Gasteiger partial charge in [-0.05, 0) is 56.9 Å². The molecule has 2 amide bonds. The fourth-order valence-corrected chi connectivity index (χ4v) is 4.22. The molecule has 1 aromatic carbocycles. The van der Waals surface area contributed by atoms with Gasteiger partial charge in [0.25, 0.3) is 0 Å². The molecule has 28 heavy (non-hydrogen) atoms. The van der Waals surface area contributed by atoms with Crippen molar-refractivity contribution in [2.24, 2.45) is 11.3 Å². The van der Waals surface area contributed by atoms with Crippen molar-refractivity contribution in [1.29, 1.82) is 0 Å². The number of carbonyl (C=O) groups is 2. The third-order valence-corrected chi connectivity index (χ3v) is 6.02. The van der Waals surface area contributed by atoms with E-state index in [1.807, 2.05) is 34.1 Å². The Morgan fingerprint density at radius 2 is 1.57 bits per heavy atom. The van der Waals surface area contributed by atoms with Crippen molar-refractivity contribution in [2.75, 3.05) is 51.3 Å². The minimum absolute atomic E-state index is 0.0263. The van der Waals surface area contributed by atoms with E-state index in [2.05, 4.69) is 11.8 Å². The maximum absolute atomic E-state index is 13.2. The second kappa shape index (κ2) is 8.41. The number of carbonyl (C=O) groups excluding carboxylic acids is 2. The molecule has 1 atom stereocenters. The second-order valence-corrected chi connectivity index (χ2v) is 8.60. The summed E-state index contributed by atoms with van der Waals surface area (Å²) in [6, 6.07) is 7.99. The summed E-state index contributed by atoms with van der Waals surface area (Å²) in [5, 5.41) is 0. The van der Waals surface area contributed by atoms with Gasteiger partial charge in [0, 0.05) is 45.0 Å². The number of hydrogen-bond donors (Lipinski definition) is 0. The maximum atomic E-state index is 13.2. The number of piperazine rings is 1. The summed E-state index contributed by atoms with van der Waals surface area (Å²) >= 11 is 0. The monoisotopic (exact) mass is 387 g/mol. The Hall–Kier alpha value is -2.24. The van der Waals surface area contributed by atoms with Crippen molar-refractivity contribution in [3.05, 3.63) is 24.3 Å². The smallest absolute Gasteiger partial charge is 0.237 e. The quantitative estimate of drug-likeness (QED) is 0.746. The average Bonchev–Trinajstić information content (AvgIpc) is 2.72. The first-order valence-electron chi connectivity index (χ1n) is 10.3. The highest BCUT2D eigenvalue weighted by atomic mass is 16.5. The number of piperidine rings is 1. The Morgan fingerprint density at radius 1 is 0.964 bits per heavy atom. The zero-order valence-corrected chi connectivity index (χ0v) is 17.6. The fourth-order valence-electron chi connectivity index (χ4n) is 4.22. The SMILES string of the molecule is COc1ccc(N2CCN(C(=O)C(C)(C)C(=O)N3CCCC(C)C3)CC2)cc1. The number of anilines is 1. The first kappa shape index (κ1) is 20.5. The largest absolute Gasteiger partial charge is 0.497 e. The topological polar surface area (TPSA) is 53.1 Å². The normalized spacial score (nSPS) is 20.9. The van der Waals surface area contributed by atoms with Gasteiger partial charge < -0.3 is 19.4 Å². The molecule has 0 aromatic heterocycles. The van der Waals surface area contributed by atoms with Crippen molar-refractivity contribution in [3.8, 4) is 5.75 Å². The van der Waals surface area contributed by atoms with Crippen molar-refractivity contribution in [2.45, 2.75) is 33.6 Å². The minimum Gasteiger partial charge on any atom is -0.497 e. The predicted molar refractivity (Wildman–Crippen MR) is 111 cm³/mol. The third kappa shape index (κ3) is 4.26. The number of rotatable bonds is 4. The molecule has 0 saturated carbocycles. The summed E-state index contributed by atoms with van der Waals surface area (Å²) in [6.07, 6.45) is 2.18. The number of amides is 2. The van der Waals surface area contributed by atoms with Crippen LogP contribution in [0.1, 0.15) is 33.6 Å². The van der Waals surface area contributed by atoms with Crippen LogP contribution in [0, 0.1) is 11.3 Å². The van der Waals surface area contributed by atoms with Gasteiger partial charge in [0.2, 0.25) is 11.8 Å². The Bertz CT molecular complexity index is 693. The van der Waals surface area contributed by atoms with E-state index in [0.29, 0.717) is 19.0 Å². The van der Waals surface area contributed by atoms with Gasteiger partial charge in [0.05, 0.1) is 7.11 Å². The van der Waals surface area contributed by atoms with Gasteiger partial charge in [-0.25, -0.2) is 0 Å². The van der Waals surface area contributed by atoms with Gasteiger partial charge in [-0.15, -0.1) is 0 Å². The van der Waals surface area contributed by atoms with E-state index in [4.69, 9.17) is 4.74 Å². The summed E-state index contributed by atoms with van der Waals surface area (Å²) in [7, 11) is 1.66. The van der Waals surface area contributed by atoms with Crippen LogP contribution in [0.3, 0.4) is 0 Å². The van der Waals surface area contributed by atoms with Gasteiger partial charge in [-0.1, -0.05) is 6.92 Å². The fraction of sp³-hybridized carbons (Fsp3) is 0.636. The van der Waals surface area contributed by atoms with Crippen LogP contribution in [0.5, 0.6) is 5.75 Å². The highest BCUT2D eigenvalue weighted by Crippen LogP contribution is 2.27. The molecule has 6 heteroatoms.